The Morgan fingerprint density at radius 2 is 1.93 bits per heavy atom. The van der Waals surface area contributed by atoms with Crippen molar-refractivity contribution in [2.75, 3.05) is 31.6 Å². The number of anilines is 1. The summed E-state index contributed by atoms with van der Waals surface area (Å²) in [7, 11) is 2.28. The largest absolute Gasteiger partial charge is 0.368 e. The summed E-state index contributed by atoms with van der Waals surface area (Å²) in [5.74, 6) is 1.68. The molecule has 2 aromatic heterocycles. The van der Waals surface area contributed by atoms with Crippen molar-refractivity contribution in [1.29, 1.82) is 0 Å². The van der Waals surface area contributed by atoms with Crippen LogP contribution in [0.4, 0.5) is 5.69 Å². The van der Waals surface area contributed by atoms with Crippen molar-refractivity contribution >= 4 is 11.3 Å². The van der Waals surface area contributed by atoms with Crippen LogP contribution in [0.25, 0.3) is 5.65 Å². The lowest BCUT2D eigenvalue weighted by molar-refractivity contribution is 0.279. The molecule has 3 atom stereocenters. The van der Waals surface area contributed by atoms with Gasteiger partial charge in [-0.1, -0.05) is 38.1 Å². The molecule has 0 N–H and O–H groups in total. The molecule has 2 aliphatic rings. The molecule has 2 aliphatic heterocycles. The molecule has 5 rings (SSSR count). The number of rotatable bonds is 3. The Bertz CT molecular complexity index is 1010. The number of aromatic nitrogens is 4. The molecule has 2 saturated heterocycles. The lowest BCUT2D eigenvalue weighted by atomic mass is 9.88. The number of fused-ring (bicyclic) bond motifs is 2. The Morgan fingerprint density at radius 1 is 1.11 bits per heavy atom. The summed E-state index contributed by atoms with van der Waals surface area (Å²) in [6.07, 6.45) is 1.71. The van der Waals surface area contributed by atoms with Crippen LogP contribution in [0.5, 0.6) is 0 Å². The smallest absolute Gasteiger partial charge is 0.200 e. The first-order chi connectivity index (χ1) is 13.5. The van der Waals surface area contributed by atoms with Crippen molar-refractivity contribution in [1.82, 2.24) is 24.7 Å². The van der Waals surface area contributed by atoms with E-state index in [2.05, 4.69) is 83.2 Å². The average molecular weight is 377 g/mol. The number of likely N-dealkylation sites (tertiary alicyclic amines) is 1. The fourth-order valence-corrected chi connectivity index (χ4v) is 5.19. The van der Waals surface area contributed by atoms with Crippen molar-refractivity contribution < 1.29 is 0 Å². The normalized spacial score (nSPS) is 25.2. The van der Waals surface area contributed by atoms with E-state index < -0.39 is 0 Å². The van der Waals surface area contributed by atoms with Crippen LogP contribution in [-0.4, -0.2) is 51.4 Å². The molecular weight excluding hydrogens is 348 g/mol. The Morgan fingerprint density at radius 3 is 2.71 bits per heavy atom. The summed E-state index contributed by atoms with van der Waals surface area (Å²) in [5.41, 5.74) is 6.00. The quantitative estimate of drug-likeness (QED) is 0.702. The van der Waals surface area contributed by atoms with Crippen LogP contribution in [0, 0.1) is 18.8 Å². The van der Waals surface area contributed by atoms with Gasteiger partial charge < -0.3 is 4.90 Å². The number of aryl methyl sites for hydroxylation is 1. The van der Waals surface area contributed by atoms with E-state index in [0.29, 0.717) is 23.8 Å². The van der Waals surface area contributed by atoms with Gasteiger partial charge in [-0.2, -0.15) is 9.61 Å². The van der Waals surface area contributed by atoms with Crippen molar-refractivity contribution in [2.24, 2.45) is 11.8 Å². The summed E-state index contributed by atoms with van der Waals surface area (Å²) in [6, 6.07) is 11.6. The van der Waals surface area contributed by atoms with Gasteiger partial charge in [-0.05, 0) is 43.0 Å². The van der Waals surface area contributed by atoms with Crippen LogP contribution in [0.1, 0.15) is 42.6 Å². The van der Waals surface area contributed by atoms with Gasteiger partial charge >= 0.3 is 0 Å². The van der Waals surface area contributed by atoms with E-state index in [1.54, 1.807) is 6.33 Å². The van der Waals surface area contributed by atoms with Gasteiger partial charge in [-0.3, -0.25) is 4.90 Å². The Labute approximate surface area is 166 Å². The molecule has 0 unspecified atom stereocenters. The highest BCUT2D eigenvalue weighted by atomic mass is 15.4. The lowest BCUT2D eigenvalue weighted by Gasteiger charge is -2.29. The maximum absolute atomic E-state index is 4.68. The zero-order valence-corrected chi connectivity index (χ0v) is 17.1. The number of hydrogen-bond acceptors (Lipinski definition) is 5. The fourth-order valence-electron chi connectivity index (χ4n) is 5.19. The van der Waals surface area contributed by atoms with Crippen LogP contribution < -0.4 is 4.90 Å². The molecule has 0 bridgehead atoms. The Balaban J connectivity index is 1.51. The SMILES string of the molecule is Cc1ccccc1[C@H]1[C@@H]2CN(c3cc(C(C)C)nn4cnnc34)C[C@@H]2CN1C. The van der Waals surface area contributed by atoms with Gasteiger partial charge in [0.25, 0.3) is 0 Å². The molecule has 146 valence electrons. The molecular formula is C22H28N6. The van der Waals surface area contributed by atoms with Crippen LogP contribution >= 0.6 is 0 Å². The maximum atomic E-state index is 4.68. The molecule has 1 aromatic carbocycles. The van der Waals surface area contributed by atoms with Crippen LogP contribution in [0.3, 0.4) is 0 Å². The van der Waals surface area contributed by atoms with Gasteiger partial charge in [0.1, 0.15) is 6.33 Å². The van der Waals surface area contributed by atoms with Crippen molar-refractivity contribution in [3.8, 4) is 0 Å². The third-order valence-electron chi connectivity index (χ3n) is 6.60. The molecule has 6 heteroatoms. The molecule has 6 nitrogen and oxygen atoms in total. The Hall–Kier alpha value is -2.47. The van der Waals surface area contributed by atoms with Gasteiger partial charge in [0.05, 0.1) is 11.4 Å². The standard InChI is InChI=1S/C22H28N6/c1-14(2)19-9-20(22-24-23-13-28(22)25-19)27-11-16-10-26(4)21(18(16)12-27)17-8-6-5-7-15(17)3/h5-9,13-14,16,18,21H,10-12H2,1-4H3/t16-,18+,21-/m0/s1. The van der Waals surface area contributed by atoms with Crippen molar-refractivity contribution in [3.63, 3.8) is 0 Å². The molecule has 4 heterocycles. The molecule has 0 spiro atoms. The summed E-state index contributed by atoms with van der Waals surface area (Å²) in [5, 5.41) is 13.2. The average Bonchev–Trinajstić information content (AvgIpc) is 3.35. The minimum absolute atomic E-state index is 0.374. The van der Waals surface area contributed by atoms with E-state index in [4.69, 9.17) is 0 Å². The molecule has 0 amide bonds. The number of nitrogens with zero attached hydrogens (tertiary/aromatic N) is 6. The van der Waals surface area contributed by atoms with Crippen molar-refractivity contribution in [2.45, 2.75) is 32.7 Å². The second-order valence-corrected chi connectivity index (χ2v) is 8.78. The van der Waals surface area contributed by atoms with E-state index in [0.717, 1.165) is 31.0 Å². The van der Waals surface area contributed by atoms with Gasteiger partial charge in [0.2, 0.25) is 5.65 Å². The monoisotopic (exact) mass is 376 g/mol. The second-order valence-electron chi connectivity index (χ2n) is 8.78. The molecule has 28 heavy (non-hydrogen) atoms. The predicted octanol–water partition coefficient (Wildman–Crippen LogP) is 3.30. The molecule has 0 aliphatic carbocycles. The van der Waals surface area contributed by atoms with Crippen LogP contribution in [-0.2, 0) is 0 Å². The molecule has 0 saturated carbocycles. The lowest BCUT2D eigenvalue weighted by Crippen LogP contribution is -2.30. The van der Waals surface area contributed by atoms with Crippen molar-refractivity contribution in [3.05, 3.63) is 53.5 Å². The third-order valence-corrected chi connectivity index (χ3v) is 6.60. The molecule has 0 radical (unpaired) electrons. The summed E-state index contributed by atoms with van der Waals surface area (Å²) >= 11 is 0. The third kappa shape index (κ3) is 2.70. The first kappa shape index (κ1) is 17.6. The van der Waals surface area contributed by atoms with E-state index in [1.165, 1.54) is 16.8 Å². The number of benzene rings is 1. The predicted molar refractivity (Wildman–Crippen MR) is 111 cm³/mol. The second kappa shape index (κ2) is 6.55. The highest BCUT2D eigenvalue weighted by Gasteiger charge is 2.46. The van der Waals surface area contributed by atoms with Crippen LogP contribution in [0.2, 0.25) is 0 Å². The van der Waals surface area contributed by atoms with E-state index in [9.17, 15) is 0 Å². The highest BCUT2D eigenvalue weighted by molar-refractivity contribution is 5.69. The summed E-state index contributed by atoms with van der Waals surface area (Å²) < 4.78 is 1.84. The molecule has 2 fully saturated rings. The van der Waals surface area contributed by atoms with E-state index in [-0.39, 0.29) is 0 Å². The first-order valence-corrected chi connectivity index (χ1v) is 10.2. The van der Waals surface area contributed by atoms with Crippen LogP contribution in [0.15, 0.2) is 36.7 Å². The molecule has 3 aromatic rings. The first-order valence-electron chi connectivity index (χ1n) is 10.2. The number of hydrogen-bond donors (Lipinski definition) is 0. The van der Waals surface area contributed by atoms with Gasteiger partial charge in [-0.15, -0.1) is 10.2 Å². The van der Waals surface area contributed by atoms with E-state index >= 15 is 0 Å². The fraction of sp³-hybridized carbons (Fsp3) is 0.500. The zero-order chi connectivity index (χ0) is 19.4. The summed E-state index contributed by atoms with van der Waals surface area (Å²) in [4.78, 5) is 5.07. The maximum Gasteiger partial charge on any atom is 0.200 e. The van der Waals surface area contributed by atoms with Gasteiger partial charge in [0.15, 0.2) is 0 Å². The minimum Gasteiger partial charge on any atom is -0.368 e. The zero-order valence-electron chi connectivity index (χ0n) is 17.1. The summed E-state index contributed by atoms with van der Waals surface area (Å²) in [6.45, 7) is 9.87. The topological polar surface area (TPSA) is 49.6 Å². The Kier molecular flexibility index (Phi) is 4.12. The van der Waals surface area contributed by atoms with Gasteiger partial charge in [0, 0.05) is 31.6 Å². The highest BCUT2D eigenvalue weighted by Crippen LogP contribution is 2.46. The minimum atomic E-state index is 0.374. The van der Waals surface area contributed by atoms with Gasteiger partial charge in [-0.25, -0.2) is 0 Å². The van der Waals surface area contributed by atoms with E-state index in [1.807, 2.05) is 4.52 Å².